The molecular weight excluding hydrogens is 504 g/mol. The number of aliphatic hydroxyl groups excluding tert-OH is 1. The Bertz CT molecular complexity index is 1170. The fourth-order valence-corrected chi connectivity index (χ4v) is 4.30. The van der Waals surface area contributed by atoms with Gasteiger partial charge < -0.3 is 25.5 Å². The summed E-state index contributed by atoms with van der Waals surface area (Å²) in [6, 6.07) is 13.8. The lowest BCUT2D eigenvalue weighted by Crippen LogP contribution is -2.48. The lowest BCUT2D eigenvalue weighted by atomic mass is 10.00. The standard InChI is InChI=1S/C30H37F2N3O4/c1-2-21-8-6-9-22(14-21)19-33-20-27(36)26(17-23-15-24(31)18-25(32)16-23)35-29(37)11-4-3-5-12-34-30(38)28-10-7-13-39-28/h6-10,13-16,18,26-27,33,36H,2-5,11-12,17,19-20H2,1H3,(H,34,38)(H,35,37)/t26-,27-/m0/s1. The van der Waals surface area contributed by atoms with Gasteiger partial charge in [0, 0.05) is 32.1 Å². The van der Waals surface area contributed by atoms with Gasteiger partial charge in [-0.05, 0) is 66.6 Å². The number of hydrogen-bond donors (Lipinski definition) is 4. The van der Waals surface area contributed by atoms with Crippen molar-refractivity contribution in [3.8, 4) is 0 Å². The van der Waals surface area contributed by atoms with E-state index in [0.29, 0.717) is 37.9 Å². The molecule has 0 saturated heterocycles. The zero-order chi connectivity index (χ0) is 28.0. The van der Waals surface area contributed by atoms with Gasteiger partial charge in [-0.15, -0.1) is 0 Å². The minimum atomic E-state index is -0.980. The van der Waals surface area contributed by atoms with E-state index in [0.717, 1.165) is 18.1 Å². The molecule has 4 N–H and O–H groups in total. The summed E-state index contributed by atoms with van der Waals surface area (Å²) in [5.74, 6) is -1.71. The predicted molar refractivity (Wildman–Crippen MR) is 145 cm³/mol. The predicted octanol–water partition coefficient (Wildman–Crippen LogP) is 4.29. The number of benzene rings is 2. The zero-order valence-electron chi connectivity index (χ0n) is 22.2. The second kappa shape index (κ2) is 15.8. The number of aliphatic hydroxyl groups is 1. The van der Waals surface area contributed by atoms with Gasteiger partial charge >= 0.3 is 0 Å². The smallest absolute Gasteiger partial charge is 0.286 e. The molecule has 3 aromatic rings. The van der Waals surface area contributed by atoms with Gasteiger partial charge in [0.05, 0.1) is 18.4 Å². The highest BCUT2D eigenvalue weighted by Gasteiger charge is 2.22. The number of furan rings is 1. The molecule has 0 radical (unpaired) electrons. The summed E-state index contributed by atoms with van der Waals surface area (Å²) in [6.45, 7) is 3.27. The lowest BCUT2D eigenvalue weighted by Gasteiger charge is -2.25. The minimum Gasteiger partial charge on any atom is -0.459 e. The molecule has 1 heterocycles. The van der Waals surface area contributed by atoms with E-state index in [1.807, 2.05) is 12.1 Å². The number of carbonyl (C=O) groups is 2. The van der Waals surface area contributed by atoms with Crippen molar-refractivity contribution in [2.45, 2.75) is 64.1 Å². The van der Waals surface area contributed by atoms with Crippen LogP contribution in [0, 0.1) is 11.6 Å². The topological polar surface area (TPSA) is 104 Å². The molecule has 2 aromatic carbocycles. The van der Waals surface area contributed by atoms with Gasteiger partial charge in [0.2, 0.25) is 5.91 Å². The van der Waals surface area contributed by atoms with Crippen LogP contribution >= 0.6 is 0 Å². The molecule has 39 heavy (non-hydrogen) atoms. The quantitative estimate of drug-likeness (QED) is 0.203. The van der Waals surface area contributed by atoms with Crippen molar-refractivity contribution in [2.24, 2.45) is 0 Å². The molecule has 7 nitrogen and oxygen atoms in total. The van der Waals surface area contributed by atoms with E-state index in [-0.39, 0.29) is 37.0 Å². The molecule has 0 saturated carbocycles. The number of nitrogens with one attached hydrogen (secondary N) is 3. The van der Waals surface area contributed by atoms with E-state index < -0.39 is 23.8 Å². The SMILES string of the molecule is CCc1cccc(CNC[C@H](O)[C@H](Cc2cc(F)cc(F)c2)NC(=O)CCCCCNC(=O)c2ccco2)c1. The van der Waals surface area contributed by atoms with Gasteiger partial charge in [-0.2, -0.15) is 0 Å². The van der Waals surface area contributed by atoms with Crippen molar-refractivity contribution < 1.29 is 27.9 Å². The third kappa shape index (κ3) is 10.6. The third-order valence-corrected chi connectivity index (χ3v) is 6.38. The van der Waals surface area contributed by atoms with Crippen LogP contribution in [0.25, 0.3) is 0 Å². The Kier molecular flexibility index (Phi) is 12.1. The molecule has 210 valence electrons. The van der Waals surface area contributed by atoms with Gasteiger partial charge in [0.25, 0.3) is 5.91 Å². The molecule has 0 spiro atoms. The van der Waals surface area contributed by atoms with Crippen LogP contribution in [0.5, 0.6) is 0 Å². The Labute approximate surface area is 228 Å². The first-order chi connectivity index (χ1) is 18.8. The first kappa shape index (κ1) is 30.0. The summed E-state index contributed by atoms with van der Waals surface area (Å²) in [4.78, 5) is 24.5. The summed E-state index contributed by atoms with van der Waals surface area (Å²) in [7, 11) is 0. The average molecular weight is 542 g/mol. The largest absolute Gasteiger partial charge is 0.459 e. The van der Waals surface area contributed by atoms with Gasteiger partial charge in [-0.1, -0.05) is 37.6 Å². The monoisotopic (exact) mass is 541 g/mol. The van der Waals surface area contributed by atoms with Gasteiger partial charge in [0.1, 0.15) is 11.6 Å². The molecule has 0 aliphatic heterocycles. The highest BCUT2D eigenvalue weighted by atomic mass is 19.1. The fourth-order valence-electron chi connectivity index (χ4n) is 4.30. The summed E-state index contributed by atoms with van der Waals surface area (Å²) in [6.07, 6.45) is 3.68. The van der Waals surface area contributed by atoms with E-state index in [1.165, 1.54) is 24.0 Å². The van der Waals surface area contributed by atoms with E-state index in [2.05, 4.69) is 35.0 Å². The second-order valence-corrected chi connectivity index (χ2v) is 9.57. The van der Waals surface area contributed by atoms with E-state index in [9.17, 15) is 23.5 Å². The zero-order valence-corrected chi connectivity index (χ0v) is 22.2. The normalized spacial score (nSPS) is 12.6. The van der Waals surface area contributed by atoms with Crippen LogP contribution in [-0.4, -0.2) is 42.2 Å². The highest BCUT2D eigenvalue weighted by Crippen LogP contribution is 2.13. The number of unbranched alkanes of at least 4 members (excludes halogenated alkanes) is 2. The fraction of sp³-hybridized carbons (Fsp3) is 0.400. The van der Waals surface area contributed by atoms with Crippen LogP contribution in [0.15, 0.2) is 65.3 Å². The Morgan fingerprint density at radius 1 is 0.949 bits per heavy atom. The number of amides is 2. The molecule has 0 aliphatic rings. The summed E-state index contributed by atoms with van der Waals surface area (Å²) in [5, 5.41) is 19.7. The Hall–Kier alpha value is -3.56. The Balaban J connectivity index is 1.47. The minimum absolute atomic E-state index is 0.0768. The summed E-state index contributed by atoms with van der Waals surface area (Å²) < 4.78 is 32.6. The maximum Gasteiger partial charge on any atom is 0.286 e. The molecular formula is C30H37F2N3O4. The molecule has 2 amide bonds. The Morgan fingerprint density at radius 2 is 1.72 bits per heavy atom. The first-order valence-electron chi connectivity index (χ1n) is 13.4. The molecule has 0 fully saturated rings. The van der Waals surface area contributed by atoms with Crippen molar-refractivity contribution in [1.82, 2.24) is 16.0 Å². The van der Waals surface area contributed by atoms with Crippen LogP contribution in [-0.2, 0) is 24.2 Å². The van der Waals surface area contributed by atoms with Crippen molar-refractivity contribution in [3.05, 3.63) is 94.9 Å². The molecule has 1 aromatic heterocycles. The van der Waals surface area contributed by atoms with Crippen LogP contribution in [0.4, 0.5) is 8.78 Å². The summed E-state index contributed by atoms with van der Waals surface area (Å²) in [5.41, 5.74) is 2.64. The molecule has 9 heteroatoms. The highest BCUT2D eigenvalue weighted by molar-refractivity contribution is 5.91. The van der Waals surface area contributed by atoms with Gasteiger partial charge in [0.15, 0.2) is 5.76 Å². The average Bonchev–Trinajstić information content (AvgIpc) is 3.45. The maximum atomic E-state index is 13.8. The first-order valence-corrected chi connectivity index (χ1v) is 13.4. The number of rotatable bonds is 16. The van der Waals surface area contributed by atoms with Crippen LogP contribution in [0.2, 0.25) is 0 Å². The van der Waals surface area contributed by atoms with E-state index >= 15 is 0 Å². The van der Waals surface area contributed by atoms with Crippen molar-refractivity contribution in [2.75, 3.05) is 13.1 Å². The molecule has 0 aliphatic carbocycles. The maximum absolute atomic E-state index is 13.8. The third-order valence-electron chi connectivity index (χ3n) is 6.38. The van der Waals surface area contributed by atoms with Crippen LogP contribution < -0.4 is 16.0 Å². The van der Waals surface area contributed by atoms with Crippen molar-refractivity contribution in [1.29, 1.82) is 0 Å². The van der Waals surface area contributed by atoms with Crippen molar-refractivity contribution >= 4 is 11.8 Å². The number of hydrogen-bond acceptors (Lipinski definition) is 5. The van der Waals surface area contributed by atoms with Crippen LogP contribution in [0.3, 0.4) is 0 Å². The number of halogens is 2. The van der Waals surface area contributed by atoms with Crippen LogP contribution in [0.1, 0.15) is 59.9 Å². The Morgan fingerprint density at radius 3 is 2.44 bits per heavy atom. The molecule has 0 unspecified atom stereocenters. The van der Waals surface area contributed by atoms with Gasteiger partial charge in [-0.25, -0.2) is 8.78 Å². The molecule has 0 bridgehead atoms. The molecule has 2 atom stereocenters. The molecule has 3 rings (SSSR count). The van der Waals surface area contributed by atoms with Crippen molar-refractivity contribution in [3.63, 3.8) is 0 Å². The summed E-state index contributed by atoms with van der Waals surface area (Å²) >= 11 is 0. The van der Waals surface area contributed by atoms with Gasteiger partial charge in [-0.3, -0.25) is 9.59 Å². The second-order valence-electron chi connectivity index (χ2n) is 9.57. The lowest BCUT2D eigenvalue weighted by molar-refractivity contribution is -0.122. The van der Waals surface area contributed by atoms with E-state index in [1.54, 1.807) is 12.1 Å². The number of aryl methyl sites for hydroxylation is 1. The number of carbonyl (C=O) groups excluding carboxylic acids is 2. The van der Waals surface area contributed by atoms with E-state index in [4.69, 9.17) is 4.42 Å².